The first-order valence-electron chi connectivity index (χ1n) is 6.62. The minimum absolute atomic E-state index is 0.293. The molecule has 1 amide bonds. The summed E-state index contributed by atoms with van der Waals surface area (Å²) >= 11 is 0. The predicted octanol–water partition coefficient (Wildman–Crippen LogP) is 0.460. The van der Waals surface area contributed by atoms with Crippen LogP contribution >= 0.6 is 0 Å². The summed E-state index contributed by atoms with van der Waals surface area (Å²) in [4.78, 5) is 16.4. The van der Waals surface area contributed by atoms with Crippen molar-refractivity contribution in [2.45, 2.75) is 19.8 Å². The van der Waals surface area contributed by atoms with E-state index in [-0.39, 0.29) is 0 Å². The lowest BCUT2D eigenvalue weighted by Crippen LogP contribution is -2.43. The van der Waals surface area contributed by atoms with Crippen LogP contribution in [0.3, 0.4) is 0 Å². The van der Waals surface area contributed by atoms with Crippen molar-refractivity contribution in [2.75, 3.05) is 45.8 Å². The van der Waals surface area contributed by atoms with Gasteiger partial charge < -0.3 is 10.2 Å². The smallest absolute Gasteiger partial charge is 0.236 e. The van der Waals surface area contributed by atoms with Crippen molar-refractivity contribution in [3.63, 3.8) is 0 Å². The molecule has 4 nitrogen and oxygen atoms in total. The Kier molecular flexibility index (Phi) is 4.57. The molecular weight excluding hydrogens is 214 g/mol. The van der Waals surface area contributed by atoms with Crippen molar-refractivity contribution in [3.8, 4) is 0 Å². The highest BCUT2D eigenvalue weighted by molar-refractivity contribution is 5.78. The molecule has 0 aromatic heterocycles. The molecular formula is C13H23N3O. The van der Waals surface area contributed by atoms with Crippen molar-refractivity contribution < 1.29 is 4.79 Å². The molecule has 2 rings (SSSR count). The van der Waals surface area contributed by atoms with Gasteiger partial charge in [0, 0.05) is 32.7 Å². The van der Waals surface area contributed by atoms with Gasteiger partial charge in [0.05, 0.1) is 6.54 Å². The number of carbonyl (C=O) groups is 1. The van der Waals surface area contributed by atoms with Crippen molar-refractivity contribution in [2.24, 2.45) is 0 Å². The minimum atomic E-state index is 0.293. The Morgan fingerprint density at radius 3 is 3.00 bits per heavy atom. The van der Waals surface area contributed by atoms with Crippen LogP contribution in [0.2, 0.25) is 0 Å². The second-order valence-corrected chi connectivity index (χ2v) is 5.02. The first-order chi connectivity index (χ1) is 8.25. The second-order valence-electron chi connectivity index (χ2n) is 5.02. The molecule has 0 saturated carbocycles. The van der Waals surface area contributed by atoms with E-state index in [1.54, 1.807) is 0 Å². The summed E-state index contributed by atoms with van der Waals surface area (Å²) < 4.78 is 0. The van der Waals surface area contributed by atoms with Crippen LogP contribution in [0.25, 0.3) is 0 Å². The van der Waals surface area contributed by atoms with Crippen molar-refractivity contribution in [1.82, 2.24) is 15.1 Å². The van der Waals surface area contributed by atoms with Gasteiger partial charge in [-0.25, -0.2) is 0 Å². The number of nitrogens with one attached hydrogen (secondary N) is 1. The number of hydrogen-bond donors (Lipinski definition) is 1. The molecule has 0 unspecified atom stereocenters. The van der Waals surface area contributed by atoms with Gasteiger partial charge in [0.25, 0.3) is 0 Å². The molecule has 0 radical (unpaired) electrons. The van der Waals surface area contributed by atoms with Crippen LogP contribution in [0.1, 0.15) is 19.8 Å². The zero-order valence-corrected chi connectivity index (χ0v) is 10.7. The maximum atomic E-state index is 12.1. The third kappa shape index (κ3) is 3.82. The van der Waals surface area contributed by atoms with Gasteiger partial charge in [0.15, 0.2) is 0 Å². The van der Waals surface area contributed by atoms with E-state index in [0.29, 0.717) is 12.5 Å². The van der Waals surface area contributed by atoms with E-state index in [9.17, 15) is 4.79 Å². The van der Waals surface area contributed by atoms with Crippen LogP contribution < -0.4 is 5.32 Å². The number of hydrogen-bond acceptors (Lipinski definition) is 3. The SMILES string of the molecule is CC1=CCN(CC(=O)N2CCCNCC2)CC1. The number of carbonyl (C=O) groups excluding carboxylic acids is 1. The Morgan fingerprint density at radius 2 is 2.24 bits per heavy atom. The minimum Gasteiger partial charge on any atom is -0.340 e. The Balaban J connectivity index is 1.79. The number of rotatable bonds is 2. The van der Waals surface area contributed by atoms with Gasteiger partial charge in [0.2, 0.25) is 5.91 Å². The van der Waals surface area contributed by atoms with Crippen LogP contribution in [-0.4, -0.2) is 61.5 Å². The molecule has 2 aliphatic rings. The molecule has 0 bridgehead atoms. The van der Waals surface area contributed by atoms with Crippen LogP contribution in [0.5, 0.6) is 0 Å². The summed E-state index contributed by atoms with van der Waals surface area (Å²) in [7, 11) is 0. The topological polar surface area (TPSA) is 35.6 Å². The predicted molar refractivity (Wildman–Crippen MR) is 68.9 cm³/mol. The second kappa shape index (κ2) is 6.17. The largest absolute Gasteiger partial charge is 0.340 e. The number of amides is 1. The molecule has 1 N–H and O–H groups in total. The van der Waals surface area contributed by atoms with Gasteiger partial charge in [-0.1, -0.05) is 11.6 Å². The highest BCUT2D eigenvalue weighted by Gasteiger charge is 2.19. The van der Waals surface area contributed by atoms with Gasteiger partial charge in [-0.3, -0.25) is 9.69 Å². The van der Waals surface area contributed by atoms with E-state index in [1.807, 2.05) is 4.90 Å². The molecule has 0 aromatic carbocycles. The summed E-state index contributed by atoms with van der Waals surface area (Å²) in [5.74, 6) is 0.293. The van der Waals surface area contributed by atoms with Crippen LogP contribution in [0.4, 0.5) is 0 Å². The Morgan fingerprint density at radius 1 is 1.35 bits per heavy atom. The molecule has 96 valence electrons. The monoisotopic (exact) mass is 237 g/mol. The zero-order chi connectivity index (χ0) is 12.1. The quantitative estimate of drug-likeness (QED) is 0.709. The molecule has 1 fully saturated rings. The normalized spacial score (nSPS) is 23.1. The Bertz CT molecular complexity index is 293. The summed E-state index contributed by atoms with van der Waals surface area (Å²) in [5, 5.41) is 3.32. The fraction of sp³-hybridized carbons (Fsp3) is 0.769. The molecule has 0 aromatic rings. The lowest BCUT2D eigenvalue weighted by Gasteiger charge is -2.28. The average molecular weight is 237 g/mol. The fourth-order valence-electron chi connectivity index (χ4n) is 2.34. The summed E-state index contributed by atoms with van der Waals surface area (Å²) in [5.41, 5.74) is 1.45. The lowest BCUT2D eigenvalue weighted by molar-refractivity contribution is -0.132. The van der Waals surface area contributed by atoms with Gasteiger partial charge in [-0.15, -0.1) is 0 Å². The molecule has 2 aliphatic heterocycles. The fourth-order valence-corrected chi connectivity index (χ4v) is 2.34. The average Bonchev–Trinajstić information content (AvgIpc) is 2.61. The molecule has 17 heavy (non-hydrogen) atoms. The van der Waals surface area contributed by atoms with Gasteiger partial charge >= 0.3 is 0 Å². The van der Waals surface area contributed by atoms with Crippen LogP contribution in [0.15, 0.2) is 11.6 Å². The third-order valence-corrected chi connectivity index (χ3v) is 3.57. The Hall–Kier alpha value is -0.870. The molecule has 0 spiro atoms. The van der Waals surface area contributed by atoms with E-state index < -0.39 is 0 Å². The first-order valence-corrected chi connectivity index (χ1v) is 6.62. The van der Waals surface area contributed by atoms with Crippen molar-refractivity contribution >= 4 is 5.91 Å². The van der Waals surface area contributed by atoms with Gasteiger partial charge in [-0.2, -0.15) is 0 Å². The highest BCUT2D eigenvalue weighted by Crippen LogP contribution is 2.09. The lowest BCUT2D eigenvalue weighted by atomic mass is 10.1. The van der Waals surface area contributed by atoms with Crippen molar-refractivity contribution in [3.05, 3.63) is 11.6 Å². The molecule has 4 heteroatoms. The molecule has 2 heterocycles. The number of nitrogens with zero attached hydrogens (tertiary/aromatic N) is 2. The first kappa shape index (κ1) is 12.6. The van der Waals surface area contributed by atoms with E-state index in [0.717, 1.165) is 52.1 Å². The van der Waals surface area contributed by atoms with E-state index in [4.69, 9.17) is 0 Å². The third-order valence-electron chi connectivity index (χ3n) is 3.57. The van der Waals surface area contributed by atoms with Gasteiger partial charge in [-0.05, 0) is 26.3 Å². The van der Waals surface area contributed by atoms with E-state index in [2.05, 4.69) is 23.2 Å². The maximum Gasteiger partial charge on any atom is 0.236 e. The summed E-state index contributed by atoms with van der Waals surface area (Å²) in [6.45, 7) is 8.46. The summed E-state index contributed by atoms with van der Waals surface area (Å²) in [6.07, 6.45) is 4.42. The Labute approximate surface area is 104 Å². The maximum absolute atomic E-state index is 12.1. The van der Waals surface area contributed by atoms with Crippen LogP contribution in [-0.2, 0) is 4.79 Å². The summed E-state index contributed by atoms with van der Waals surface area (Å²) in [6, 6.07) is 0. The van der Waals surface area contributed by atoms with E-state index in [1.165, 1.54) is 5.57 Å². The van der Waals surface area contributed by atoms with Crippen molar-refractivity contribution in [1.29, 1.82) is 0 Å². The molecule has 1 saturated heterocycles. The molecule has 0 atom stereocenters. The zero-order valence-electron chi connectivity index (χ0n) is 10.7. The van der Waals surface area contributed by atoms with Gasteiger partial charge in [0.1, 0.15) is 0 Å². The van der Waals surface area contributed by atoms with E-state index >= 15 is 0 Å². The highest BCUT2D eigenvalue weighted by atomic mass is 16.2. The van der Waals surface area contributed by atoms with Crippen LogP contribution in [0, 0.1) is 0 Å². The standard InChI is InChI=1S/C13H23N3O/c1-12-3-8-15(9-4-12)11-13(17)16-7-2-5-14-6-10-16/h3,14H,2,4-11H2,1H3. The molecule has 0 aliphatic carbocycles.